The average molecular weight is 334 g/mol. The van der Waals surface area contributed by atoms with Crippen LogP contribution in [-0.4, -0.2) is 60.2 Å². The van der Waals surface area contributed by atoms with Gasteiger partial charge in [-0.15, -0.1) is 0 Å². The van der Waals surface area contributed by atoms with Gasteiger partial charge in [-0.3, -0.25) is 19.2 Å². The van der Waals surface area contributed by atoms with Crippen LogP contribution in [0.5, 0.6) is 0 Å². The molecule has 0 aliphatic heterocycles. The highest BCUT2D eigenvalue weighted by Gasteiger charge is 2.28. The first-order valence-corrected chi connectivity index (χ1v) is 7.35. The number of hydrogen-bond donors (Lipinski definition) is 6. The number of rotatable bonds is 10. The van der Waals surface area contributed by atoms with Crippen molar-refractivity contribution in [3.63, 3.8) is 0 Å². The second-order valence-corrected chi connectivity index (χ2v) is 4.85. The Balaban J connectivity index is 4.71. The summed E-state index contributed by atoms with van der Waals surface area (Å²) in [6.45, 7) is 0.713. The van der Waals surface area contributed by atoms with Gasteiger partial charge in [-0.05, 0) is 11.7 Å². The molecule has 0 rings (SSSR count). The number of carboxylic acids is 1. The minimum Gasteiger partial charge on any atom is -0.480 e. The third-order valence-corrected chi connectivity index (χ3v) is 3.34. The molecule has 2 atom stereocenters. The molecule has 0 bridgehead atoms. The third kappa shape index (κ3) is 7.84. The topological polar surface area (TPSA) is 151 Å². The van der Waals surface area contributed by atoms with Crippen LogP contribution < -0.4 is 21.7 Å². The van der Waals surface area contributed by atoms with Crippen molar-refractivity contribution in [3.05, 3.63) is 0 Å². The molecule has 9 nitrogen and oxygen atoms in total. The van der Waals surface area contributed by atoms with E-state index in [0.29, 0.717) is 12.2 Å². The summed E-state index contributed by atoms with van der Waals surface area (Å²) >= 11 is 4.13. The zero-order valence-corrected chi connectivity index (χ0v) is 13.2. The maximum atomic E-state index is 12.0. The molecule has 0 spiro atoms. The summed E-state index contributed by atoms with van der Waals surface area (Å²) in [5, 5.41) is 15.5. The van der Waals surface area contributed by atoms with Gasteiger partial charge in [0.2, 0.25) is 17.7 Å². The molecule has 0 radical (unpaired) electrons. The lowest BCUT2D eigenvalue weighted by atomic mass is 9.98. The number of amides is 3. The third-order valence-electron chi connectivity index (χ3n) is 2.87. The molecule has 0 heterocycles. The van der Waals surface area contributed by atoms with Crippen molar-refractivity contribution in [3.8, 4) is 0 Å². The second-order valence-electron chi connectivity index (χ2n) is 4.49. The van der Waals surface area contributed by atoms with Crippen LogP contribution >= 0.6 is 12.6 Å². The van der Waals surface area contributed by atoms with Crippen LogP contribution in [0.15, 0.2) is 0 Å². The first-order valence-electron chi connectivity index (χ1n) is 6.72. The Morgan fingerprint density at radius 3 is 2.23 bits per heavy atom. The first kappa shape index (κ1) is 20.2. The Morgan fingerprint density at radius 2 is 1.77 bits per heavy atom. The van der Waals surface area contributed by atoms with Gasteiger partial charge in [-0.25, -0.2) is 0 Å². The molecule has 10 heteroatoms. The molecule has 0 aliphatic carbocycles. The van der Waals surface area contributed by atoms with Gasteiger partial charge in [0.05, 0.1) is 13.1 Å². The van der Waals surface area contributed by atoms with E-state index in [9.17, 15) is 19.2 Å². The summed E-state index contributed by atoms with van der Waals surface area (Å²) in [7, 11) is 0. The van der Waals surface area contributed by atoms with Crippen molar-refractivity contribution in [2.75, 3.05) is 25.4 Å². The largest absolute Gasteiger partial charge is 0.480 e. The molecule has 3 amide bonds. The van der Waals surface area contributed by atoms with Crippen LogP contribution in [0.1, 0.15) is 13.3 Å². The molecule has 0 aliphatic rings. The van der Waals surface area contributed by atoms with Crippen LogP contribution in [0.3, 0.4) is 0 Å². The van der Waals surface area contributed by atoms with E-state index < -0.39 is 36.3 Å². The van der Waals surface area contributed by atoms with Gasteiger partial charge in [0.25, 0.3) is 0 Å². The maximum absolute atomic E-state index is 12.0. The van der Waals surface area contributed by atoms with Crippen molar-refractivity contribution in [2.45, 2.75) is 19.4 Å². The molecule has 126 valence electrons. The molecular weight excluding hydrogens is 312 g/mol. The Kier molecular flexibility index (Phi) is 9.96. The van der Waals surface area contributed by atoms with Crippen molar-refractivity contribution in [1.82, 2.24) is 16.0 Å². The fraction of sp³-hybridized carbons (Fsp3) is 0.667. The lowest BCUT2D eigenvalue weighted by molar-refractivity contribution is -0.138. The van der Waals surface area contributed by atoms with Gasteiger partial charge >= 0.3 is 5.97 Å². The summed E-state index contributed by atoms with van der Waals surface area (Å²) in [4.78, 5) is 45.2. The fourth-order valence-corrected chi connectivity index (χ4v) is 2.08. The number of thiol groups is 1. The highest BCUT2D eigenvalue weighted by Crippen LogP contribution is 2.11. The highest BCUT2D eigenvalue weighted by atomic mass is 32.1. The second kappa shape index (κ2) is 10.9. The molecule has 0 saturated heterocycles. The van der Waals surface area contributed by atoms with Gasteiger partial charge in [0, 0.05) is 0 Å². The van der Waals surface area contributed by atoms with Gasteiger partial charge < -0.3 is 26.8 Å². The van der Waals surface area contributed by atoms with Crippen molar-refractivity contribution < 1.29 is 24.3 Å². The minimum absolute atomic E-state index is 0.246. The quantitative estimate of drug-likeness (QED) is 0.247. The smallest absolute Gasteiger partial charge is 0.322 e. The maximum Gasteiger partial charge on any atom is 0.322 e. The standard InChI is InChI=1S/C12H22N4O5S/c1-2-7(6-22)11(12(21)15-5-10(19)20)16-9(18)4-14-8(17)3-13/h7,11,22H,2-6,13H2,1H3,(H,14,17)(H,15,21)(H,16,18)(H,19,20)/t7-,11+/m1/s1. The molecule has 0 aromatic heterocycles. The predicted octanol–water partition coefficient (Wildman–Crippen LogP) is -2.30. The number of carbonyl (C=O) groups is 4. The van der Waals surface area contributed by atoms with E-state index in [-0.39, 0.29) is 19.0 Å². The molecule has 6 N–H and O–H groups in total. The summed E-state index contributed by atoms with van der Waals surface area (Å²) in [6.07, 6.45) is 0.560. The molecule has 0 unspecified atom stereocenters. The monoisotopic (exact) mass is 334 g/mol. The van der Waals surface area contributed by atoms with Crippen LogP contribution in [0.2, 0.25) is 0 Å². The summed E-state index contributed by atoms with van der Waals surface area (Å²) < 4.78 is 0. The van der Waals surface area contributed by atoms with Gasteiger partial charge in [0.1, 0.15) is 12.6 Å². The Hall–Kier alpha value is -1.81. The number of nitrogens with two attached hydrogens (primary N) is 1. The predicted molar refractivity (Wildman–Crippen MR) is 82.3 cm³/mol. The summed E-state index contributed by atoms with van der Waals surface area (Å²) in [5.41, 5.74) is 5.09. The fourth-order valence-electron chi connectivity index (χ4n) is 1.62. The van der Waals surface area contributed by atoms with E-state index in [2.05, 4.69) is 28.6 Å². The van der Waals surface area contributed by atoms with E-state index in [0.717, 1.165) is 0 Å². The van der Waals surface area contributed by atoms with E-state index in [1.54, 1.807) is 0 Å². The van der Waals surface area contributed by atoms with E-state index in [1.165, 1.54) is 0 Å². The van der Waals surface area contributed by atoms with E-state index in [4.69, 9.17) is 10.8 Å². The van der Waals surface area contributed by atoms with E-state index in [1.807, 2.05) is 6.92 Å². The van der Waals surface area contributed by atoms with Crippen LogP contribution in [0.4, 0.5) is 0 Å². The zero-order chi connectivity index (χ0) is 17.1. The summed E-state index contributed by atoms with van der Waals surface area (Å²) in [6, 6.07) is -0.927. The molecule has 0 aromatic carbocycles. The van der Waals surface area contributed by atoms with Crippen molar-refractivity contribution in [1.29, 1.82) is 0 Å². The van der Waals surface area contributed by atoms with Crippen molar-refractivity contribution in [2.24, 2.45) is 11.7 Å². The van der Waals surface area contributed by atoms with E-state index >= 15 is 0 Å². The highest BCUT2D eigenvalue weighted by molar-refractivity contribution is 7.80. The average Bonchev–Trinajstić information content (AvgIpc) is 2.50. The molecule has 0 aromatic rings. The van der Waals surface area contributed by atoms with Gasteiger partial charge in [-0.2, -0.15) is 12.6 Å². The Labute approximate surface area is 133 Å². The SMILES string of the molecule is CC[C@H](CS)[C@H](NC(=O)CNC(=O)CN)C(=O)NCC(=O)O. The lowest BCUT2D eigenvalue weighted by Gasteiger charge is -2.25. The van der Waals surface area contributed by atoms with Crippen LogP contribution in [-0.2, 0) is 19.2 Å². The number of nitrogens with one attached hydrogen (secondary N) is 3. The Morgan fingerprint density at radius 1 is 1.14 bits per heavy atom. The summed E-state index contributed by atoms with van der Waals surface area (Å²) in [5.74, 6) is -2.81. The number of hydrogen-bond acceptors (Lipinski definition) is 6. The Bertz CT molecular complexity index is 414. The lowest BCUT2D eigenvalue weighted by Crippen LogP contribution is -2.54. The van der Waals surface area contributed by atoms with Gasteiger partial charge in [0.15, 0.2) is 0 Å². The molecular formula is C12H22N4O5S. The first-order chi connectivity index (χ1) is 10.3. The van der Waals surface area contributed by atoms with Crippen molar-refractivity contribution >= 4 is 36.3 Å². The molecule has 0 fully saturated rings. The normalized spacial score (nSPS) is 12.9. The van der Waals surface area contributed by atoms with Gasteiger partial charge in [-0.1, -0.05) is 13.3 Å². The molecule has 0 saturated carbocycles. The zero-order valence-electron chi connectivity index (χ0n) is 12.3. The van der Waals surface area contributed by atoms with Crippen LogP contribution in [0.25, 0.3) is 0 Å². The number of aliphatic carboxylic acids is 1. The number of carbonyl (C=O) groups excluding carboxylic acids is 3. The van der Waals surface area contributed by atoms with Crippen LogP contribution in [0, 0.1) is 5.92 Å². The number of carboxylic acid groups (broad SMARTS) is 1. The minimum atomic E-state index is -1.19. The molecule has 22 heavy (non-hydrogen) atoms.